The molecule has 0 heterocycles. The van der Waals surface area contributed by atoms with E-state index in [9.17, 15) is 4.79 Å². The Kier molecular flexibility index (Phi) is 11.7. The fourth-order valence-electron chi connectivity index (χ4n) is 3.01. The van der Waals surface area contributed by atoms with Crippen LogP contribution < -0.4 is 20.7 Å². The molecule has 0 aliphatic carbocycles. The Hall–Kier alpha value is -3.06. The molecule has 1 amide bonds. The first-order valence-corrected chi connectivity index (χ1v) is 11.2. The number of rotatable bonds is 13. The standard InChI is InChI=1S/C25H36N4O3/c1-4-26-25(28-15-8-14-27-24(30)21-10-6-5-7-11-21)29-19-22-13-12-20(2)18-23(22)32-17-9-16-31-3/h5-7,10-13,18H,4,8-9,14-17,19H2,1-3H3,(H,27,30)(H2,26,28,29). The van der Waals surface area contributed by atoms with Gasteiger partial charge in [0.05, 0.1) is 13.2 Å². The number of guanidine groups is 1. The number of ether oxygens (including phenoxy) is 2. The number of nitrogens with zero attached hydrogens (tertiary/aromatic N) is 1. The minimum Gasteiger partial charge on any atom is -0.493 e. The van der Waals surface area contributed by atoms with Gasteiger partial charge in [-0.25, -0.2) is 4.99 Å². The highest BCUT2D eigenvalue weighted by Gasteiger charge is 2.06. The van der Waals surface area contributed by atoms with Crippen molar-refractivity contribution in [3.8, 4) is 5.75 Å². The van der Waals surface area contributed by atoms with Gasteiger partial charge in [0.2, 0.25) is 0 Å². The topological polar surface area (TPSA) is 84.0 Å². The highest BCUT2D eigenvalue weighted by atomic mass is 16.5. The molecule has 0 aliphatic rings. The fourth-order valence-corrected chi connectivity index (χ4v) is 3.01. The Balaban J connectivity index is 1.82. The molecule has 32 heavy (non-hydrogen) atoms. The SMILES string of the molecule is CCNC(=NCc1ccc(C)cc1OCCCOC)NCCCNC(=O)c1ccccc1. The lowest BCUT2D eigenvalue weighted by atomic mass is 10.1. The first-order chi connectivity index (χ1) is 15.6. The summed E-state index contributed by atoms with van der Waals surface area (Å²) < 4.78 is 11.0. The molecule has 0 aromatic heterocycles. The third-order valence-electron chi connectivity index (χ3n) is 4.69. The molecule has 7 heteroatoms. The maximum absolute atomic E-state index is 12.1. The molecule has 0 spiro atoms. The van der Waals surface area contributed by atoms with Crippen LogP contribution in [0.4, 0.5) is 0 Å². The number of aliphatic imine (C=N–C) groups is 1. The minimum atomic E-state index is -0.0522. The number of carbonyl (C=O) groups excluding carboxylic acids is 1. The normalized spacial score (nSPS) is 11.2. The molecule has 0 radical (unpaired) electrons. The summed E-state index contributed by atoms with van der Waals surface area (Å²) in [6, 6.07) is 15.4. The number of amides is 1. The molecule has 2 rings (SSSR count). The summed E-state index contributed by atoms with van der Waals surface area (Å²) in [6.45, 7) is 7.96. The molecule has 0 saturated carbocycles. The van der Waals surface area contributed by atoms with Crippen molar-refractivity contribution in [2.24, 2.45) is 4.99 Å². The Bertz CT molecular complexity index is 840. The molecule has 2 aromatic rings. The van der Waals surface area contributed by atoms with Crippen molar-refractivity contribution in [2.75, 3.05) is 40.0 Å². The zero-order valence-electron chi connectivity index (χ0n) is 19.4. The van der Waals surface area contributed by atoms with Gasteiger partial charge in [-0.3, -0.25) is 4.79 Å². The smallest absolute Gasteiger partial charge is 0.251 e. The van der Waals surface area contributed by atoms with Crippen molar-refractivity contribution in [3.05, 3.63) is 65.2 Å². The minimum absolute atomic E-state index is 0.0522. The van der Waals surface area contributed by atoms with Crippen LogP contribution in [0.3, 0.4) is 0 Å². The summed E-state index contributed by atoms with van der Waals surface area (Å²) in [5.41, 5.74) is 2.87. The van der Waals surface area contributed by atoms with Crippen LogP contribution in [0.2, 0.25) is 0 Å². The van der Waals surface area contributed by atoms with Crippen molar-refractivity contribution in [1.82, 2.24) is 16.0 Å². The summed E-state index contributed by atoms with van der Waals surface area (Å²) in [4.78, 5) is 16.8. The van der Waals surface area contributed by atoms with Gasteiger partial charge >= 0.3 is 0 Å². The molecule has 0 unspecified atom stereocenters. The maximum Gasteiger partial charge on any atom is 0.251 e. The highest BCUT2D eigenvalue weighted by molar-refractivity contribution is 5.94. The number of benzene rings is 2. The van der Waals surface area contributed by atoms with E-state index in [0.29, 0.717) is 38.4 Å². The molecule has 174 valence electrons. The average Bonchev–Trinajstić information content (AvgIpc) is 2.81. The molecular weight excluding hydrogens is 404 g/mol. The number of hydrogen-bond acceptors (Lipinski definition) is 4. The van der Waals surface area contributed by atoms with Gasteiger partial charge in [-0.15, -0.1) is 0 Å². The van der Waals surface area contributed by atoms with E-state index < -0.39 is 0 Å². The Morgan fingerprint density at radius 3 is 2.50 bits per heavy atom. The van der Waals surface area contributed by atoms with Crippen LogP contribution in [0.15, 0.2) is 53.5 Å². The molecule has 0 fully saturated rings. The lowest BCUT2D eigenvalue weighted by molar-refractivity contribution is 0.0953. The zero-order chi connectivity index (χ0) is 23.0. The summed E-state index contributed by atoms with van der Waals surface area (Å²) in [5, 5.41) is 9.53. The number of methoxy groups -OCH3 is 1. The monoisotopic (exact) mass is 440 g/mol. The molecule has 7 nitrogen and oxygen atoms in total. The Labute approximate surface area is 191 Å². The summed E-state index contributed by atoms with van der Waals surface area (Å²) in [7, 11) is 1.69. The molecular formula is C25H36N4O3. The highest BCUT2D eigenvalue weighted by Crippen LogP contribution is 2.21. The predicted octanol–water partition coefficient (Wildman–Crippen LogP) is 3.29. The largest absolute Gasteiger partial charge is 0.493 e. The average molecular weight is 441 g/mol. The van der Waals surface area contributed by atoms with Crippen molar-refractivity contribution in [1.29, 1.82) is 0 Å². The third kappa shape index (κ3) is 9.39. The molecule has 0 saturated heterocycles. The zero-order valence-corrected chi connectivity index (χ0v) is 19.4. The van der Waals surface area contributed by atoms with Gasteiger partial charge in [0, 0.05) is 50.9 Å². The lowest BCUT2D eigenvalue weighted by Gasteiger charge is -2.14. The predicted molar refractivity (Wildman–Crippen MR) is 129 cm³/mol. The lowest BCUT2D eigenvalue weighted by Crippen LogP contribution is -2.38. The van der Waals surface area contributed by atoms with Crippen molar-refractivity contribution < 1.29 is 14.3 Å². The Morgan fingerprint density at radius 1 is 0.969 bits per heavy atom. The van der Waals surface area contributed by atoms with E-state index in [2.05, 4.69) is 35.0 Å². The van der Waals surface area contributed by atoms with Gasteiger partial charge in [0.1, 0.15) is 5.75 Å². The molecule has 2 aromatic carbocycles. The molecule has 0 atom stereocenters. The van der Waals surface area contributed by atoms with Crippen LogP contribution in [0.1, 0.15) is 41.3 Å². The number of carbonyl (C=O) groups is 1. The molecule has 0 bridgehead atoms. The second kappa shape index (κ2) is 14.9. The summed E-state index contributed by atoms with van der Waals surface area (Å²) >= 11 is 0. The van der Waals surface area contributed by atoms with Crippen LogP contribution in [0.5, 0.6) is 5.75 Å². The first kappa shape index (κ1) is 25.2. The van der Waals surface area contributed by atoms with E-state index in [4.69, 9.17) is 14.5 Å². The van der Waals surface area contributed by atoms with E-state index in [0.717, 1.165) is 42.2 Å². The van der Waals surface area contributed by atoms with Crippen LogP contribution >= 0.6 is 0 Å². The van der Waals surface area contributed by atoms with Crippen LogP contribution in [0.25, 0.3) is 0 Å². The van der Waals surface area contributed by atoms with Crippen LogP contribution in [-0.4, -0.2) is 51.8 Å². The van der Waals surface area contributed by atoms with E-state index in [1.54, 1.807) is 7.11 Å². The van der Waals surface area contributed by atoms with Gasteiger partial charge in [-0.1, -0.05) is 30.3 Å². The van der Waals surface area contributed by atoms with Crippen LogP contribution in [-0.2, 0) is 11.3 Å². The quantitative estimate of drug-likeness (QED) is 0.253. The number of aryl methyl sites for hydroxylation is 1. The van der Waals surface area contributed by atoms with Gasteiger partial charge in [0.25, 0.3) is 5.91 Å². The van der Waals surface area contributed by atoms with Crippen molar-refractivity contribution >= 4 is 11.9 Å². The van der Waals surface area contributed by atoms with Crippen molar-refractivity contribution in [2.45, 2.75) is 33.2 Å². The molecule has 0 aliphatic heterocycles. The second-order valence-electron chi connectivity index (χ2n) is 7.40. The van der Waals surface area contributed by atoms with Gasteiger partial charge in [-0.2, -0.15) is 0 Å². The van der Waals surface area contributed by atoms with E-state index in [1.165, 1.54) is 0 Å². The van der Waals surface area contributed by atoms with E-state index >= 15 is 0 Å². The van der Waals surface area contributed by atoms with Gasteiger partial charge in [0.15, 0.2) is 5.96 Å². The fraction of sp³-hybridized carbons (Fsp3) is 0.440. The van der Waals surface area contributed by atoms with Crippen LogP contribution in [0, 0.1) is 6.92 Å². The maximum atomic E-state index is 12.1. The second-order valence-corrected chi connectivity index (χ2v) is 7.40. The summed E-state index contributed by atoms with van der Waals surface area (Å²) in [6.07, 6.45) is 1.64. The first-order valence-electron chi connectivity index (χ1n) is 11.2. The van der Waals surface area contributed by atoms with E-state index in [1.807, 2.05) is 43.3 Å². The van der Waals surface area contributed by atoms with Crippen molar-refractivity contribution in [3.63, 3.8) is 0 Å². The van der Waals surface area contributed by atoms with Gasteiger partial charge in [-0.05, 0) is 44.0 Å². The van der Waals surface area contributed by atoms with E-state index in [-0.39, 0.29) is 5.91 Å². The number of nitrogens with one attached hydrogen (secondary N) is 3. The number of hydrogen-bond donors (Lipinski definition) is 3. The Morgan fingerprint density at radius 2 is 1.75 bits per heavy atom. The van der Waals surface area contributed by atoms with Gasteiger partial charge < -0.3 is 25.4 Å². The third-order valence-corrected chi connectivity index (χ3v) is 4.69. The summed E-state index contributed by atoms with van der Waals surface area (Å²) in [5.74, 6) is 1.56. The molecule has 3 N–H and O–H groups in total.